The molecular formula is C29H32N4O. The van der Waals surface area contributed by atoms with E-state index in [-0.39, 0.29) is 5.56 Å². The van der Waals surface area contributed by atoms with Crippen molar-refractivity contribution in [3.63, 3.8) is 0 Å². The molecule has 0 atom stereocenters. The zero-order valence-electron chi connectivity index (χ0n) is 20.0. The molecule has 1 aromatic heterocycles. The van der Waals surface area contributed by atoms with Crippen molar-refractivity contribution in [2.75, 3.05) is 36.4 Å². The summed E-state index contributed by atoms with van der Waals surface area (Å²) < 4.78 is 0. The van der Waals surface area contributed by atoms with Gasteiger partial charge in [0.25, 0.3) is 5.56 Å². The molecule has 174 valence electrons. The summed E-state index contributed by atoms with van der Waals surface area (Å²) in [4.78, 5) is 20.7. The van der Waals surface area contributed by atoms with Gasteiger partial charge in [-0.3, -0.25) is 9.69 Å². The molecule has 2 N–H and O–H groups in total. The highest BCUT2D eigenvalue weighted by molar-refractivity contribution is 5.85. The van der Waals surface area contributed by atoms with Crippen LogP contribution < -0.4 is 15.8 Å². The Kier molecular flexibility index (Phi) is 6.37. The second kappa shape index (κ2) is 9.74. The van der Waals surface area contributed by atoms with E-state index in [1.54, 1.807) is 0 Å². The van der Waals surface area contributed by atoms with Gasteiger partial charge in [0, 0.05) is 61.6 Å². The zero-order valence-corrected chi connectivity index (χ0v) is 20.0. The van der Waals surface area contributed by atoms with E-state index in [0.29, 0.717) is 6.54 Å². The number of aryl methyl sites for hydroxylation is 2. The Morgan fingerprint density at radius 2 is 1.56 bits per heavy atom. The van der Waals surface area contributed by atoms with E-state index in [1.807, 2.05) is 13.0 Å². The van der Waals surface area contributed by atoms with Crippen LogP contribution in [0.3, 0.4) is 0 Å². The maximum absolute atomic E-state index is 12.6. The number of aromatic amines is 1. The van der Waals surface area contributed by atoms with Crippen LogP contribution in [0.25, 0.3) is 10.9 Å². The van der Waals surface area contributed by atoms with Crippen molar-refractivity contribution in [2.24, 2.45) is 0 Å². The Labute approximate surface area is 201 Å². The van der Waals surface area contributed by atoms with Crippen molar-refractivity contribution in [1.29, 1.82) is 0 Å². The topological polar surface area (TPSA) is 51.4 Å². The number of pyridine rings is 1. The van der Waals surface area contributed by atoms with Crippen molar-refractivity contribution in [2.45, 2.75) is 26.9 Å². The standard InChI is InChI=1S/C29H32N4O/c1-21-8-9-22(2)28-27(21)18-24(29(34)31-28)19-30-25-10-12-26(13-11-25)33-16-14-32(15-17-33)20-23-6-4-3-5-7-23/h3-13,18,30H,14-17,19-20H2,1-2H3,(H,31,34). The molecule has 1 aliphatic rings. The summed E-state index contributed by atoms with van der Waals surface area (Å²) in [6.07, 6.45) is 0. The number of piperazine rings is 1. The number of rotatable bonds is 6. The largest absolute Gasteiger partial charge is 0.381 e. The molecule has 1 fully saturated rings. The molecule has 0 spiro atoms. The van der Waals surface area contributed by atoms with Gasteiger partial charge in [-0.05, 0) is 60.9 Å². The number of H-pyrrole nitrogens is 1. The Morgan fingerprint density at radius 1 is 0.853 bits per heavy atom. The monoisotopic (exact) mass is 452 g/mol. The number of fused-ring (bicyclic) bond motifs is 1. The minimum atomic E-state index is -0.0290. The minimum absolute atomic E-state index is 0.0290. The van der Waals surface area contributed by atoms with Crippen LogP contribution in [0, 0.1) is 13.8 Å². The summed E-state index contributed by atoms with van der Waals surface area (Å²) >= 11 is 0. The molecule has 0 bridgehead atoms. The summed E-state index contributed by atoms with van der Waals surface area (Å²) in [5, 5.41) is 4.53. The first kappa shape index (κ1) is 22.2. The van der Waals surface area contributed by atoms with Gasteiger partial charge in [-0.15, -0.1) is 0 Å². The van der Waals surface area contributed by atoms with Crippen LogP contribution in [0.2, 0.25) is 0 Å². The van der Waals surface area contributed by atoms with Crippen LogP contribution in [-0.2, 0) is 13.1 Å². The highest BCUT2D eigenvalue weighted by Crippen LogP contribution is 2.22. The van der Waals surface area contributed by atoms with Gasteiger partial charge in [-0.1, -0.05) is 42.5 Å². The number of benzene rings is 3. The third kappa shape index (κ3) is 4.85. The SMILES string of the molecule is Cc1ccc(C)c2[nH]c(=O)c(CNc3ccc(N4CCN(Cc5ccccc5)CC4)cc3)cc12. The lowest BCUT2D eigenvalue weighted by Crippen LogP contribution is -2.45. The van der Waals surface area contributed by atoms with Crippen LogP contribution in [0.5, 0.6) is 0 Å². The quantitative estimate of drug-likeness (QED) is 0.428. The molecule has 2 heterocycles. The molecule has 0 amide bonds. The molecule has 0 unspecified atom stereocenters. The van der Waals surface area contributed by atoms with Crippen LogP contribution in [0.1, 0.15) is 22.3 Å². The third-order valence-corrected chi connectivity index (χ3v) is 6.86. The first-order valence-electron chi connectivity index (χ1n) is 12.0. The van der Waals surface area contributed by atoms with Gasteiger partial charge in [-0.2, -0.15) is 0 Å². The molecule has 34 heavy (non-hydrogen) atoms. The second-order valence-corrected chi connectivity index (χ2v) is 9.26. The average Bonchev–Trinajstić information content (AvgIpc) is 2.87. The molecule has 5 nitrogen and oxygen atoms in total. The lowest BCUT2D eigenvalue weighted by molar-refractivity contribution is 0.250. The number of nitrogens with one attached hydrogen (secondary N) is 2. The fraction of sp³-hybridized carbons (Fsp3) is 0.276. The normalized spacial score (nSPS) is 14.5. The van der Waals surface area contributed by atoms with Gasteiger partial charge in [0.05, 0.1) is 5.52 Å². The zero-order chi connectivity index (χ0) is 23.5. The molecule has 3 aromatic carbocycles. The van der Waals surface area contributed by atoms with Gasteiger partial charge >= 0.3 is 0 Å². The van der Waals surface area contributed by atoms with E-state index in [2.05, 4.69) is 93.8 Å². The van der Waals surface area contributed by atoms with Gasteiger partial charge in [0.1, 0.15) is 0 Å². The van der Waals surface area contributed by atoms with Gasteiger partial charge in [0.2, 0.25) is 0 Å². The van der Waals surface area contributed by atoms with E-state index in [1.165, 1.54) is 16.8 Å². The van der Waals surface area contributed by atoms with Crippen molar-refractivity contribution < 1.29 is 0 Å². The van der Waals surface area contributed by atoms with Gasteiger partial charge in [0.15, 0.2) is 0 Å². The molecule has 4 aromatic rings. The van der Waals surface area contributed by atoms with E-state index >= 15 is 0 Å². The maximum Gasteiger partial charge on any atom is 0.253 e. The fourth-order valence-electron chi connectivity index (χ4n) is 4.74. The number of nitrogens with zero attached hydrogens (tertiary/aromatic N) is 2. The van der Waals surface area contributed by atoms with E-state index in [9.17, 15) is 4.79 Å². The molecule has 1 aliphatic heterocycles. The lowest BCUT2D eigenvalue weighted by Gasteiger charge is -2.36. The predicted octanol–water partition coefficient (Wildman–Crippen LogP) is 5.08. The molecule has 0 saturated carbocycles. The van der Waals surface area contributed by atoms with Crippen LogP contribution in [0.4, 0.5) is 11.4 Å². The van der Waals surface area contributed by atoms with Crippen molar-refractivity contribution in [3.05, 3.63) is 105 Å². The fourth-order valence-corrected chi connectivity index (χ4v) is 4.74. The Balaban J connectivity index is 1.19. The molecule has 5 rings (SSSR count). The first-order chi connectivity index (χ1) is 16.6. The summed E-state index contributed by atoms with van der Waals surface area (Å²) in [6.45, 7) is 9.82. The maximum atomic E-state index is 12.6. The molecule has 0 radical (unpaired) electrons. The number of anilines is 2. The highest BCUT2D eigenvalue weighted by Gasteiger charge is 2.17. The summed E-state index contributed by atoms with van der Waals surface area (Å²) in [5.74, 6) is 0. The van der Waals surface area contributed by atoms with Gasteiger partial charge < -0.3 is 15.2 Å². The van der Waals surface area contributed by atoms with Crippen LogP contribution in [0.15, 0.2) is 77.6 Å². The van der Waals surface area contributed by atoms with E-state index < -0.39 is 0 Å². The third-order valence-electron chi connectivity index (χ3n) is 6.86. The molecule has 0 aliphatic carbocycles. The Bertz CT molecular complexity index is 1320. The van der Waals surface area contributed by atoms with Crippen molar-refractivity contribution in [1.82, 2.24) is 9.88 Å². The molecular weight excluding hydrogens is 420 g/mol. The lowest BCUT2D eigenvalue weighted by atomic mass is 10.0. The first-order valence-corrected chi connectivity index (χ1v) is 12.0. The smallest absolute Gasteiger partial charge is 0.253 e. The summed E-state index contributed by atoms with van der Waals surface area (Å²) in [5.41, 5.74) is 7.56. The summed E-state index contributed by atoms with van der Waals surface area (Å²) in [7, 11) is 0. The van der Waals surface area contributed by atoms with Crippen LogP contribution >= 0.6 is 0 Å². The van der Waals surface area contributed by atoms with Crippen LogP contribution in [-0.4, -0.2) is 36.1 Å². The van der Waals surface area contributed by atoms with Crippen molar-refractivity contribution in [3.8, 4) is 0 Å². The Morgan fingerprint density at radius 3 is 2.29 bits per heavy atom. The Hall–Kier alpha value is -3.57. The predicted molar refractivity (Wildman–Crippen MR) is 142 cm³/mol. The van der Waals surface area contributed by atoms with Gasteiger partial charge in [-0.25, -0.2) is 0 Å². The average molecular weight is 453 g/mol. The molecule has 5 heteroatoms. The van der Waals surface area contributed by atoms with Crippen molar-refractivity contribution >= 4 is 22.3 Å². The number of hydrogen-bond donors (Lipinski definition) is 2. The summed E-state index contributed by atoms with van der Waals surface area (Å²) in [6, 6.07) is 25.4. The number of hydrogen-bond acceptors (Lipinski definition) is 4. The highest BCUT2D eigenvalue weighted by atomic mass is 16.1. The van der Waals surface area contributed by atoms with E-state index in [4.69, 9.17) is 0 Å². The van der Waals surface area contributed by atoms with E-state index in [0.717, 1.165) is 60.4 Å². The minimum Gasteiger partial charge on any atom is -0.381 e. The molecule has 1 saturated heterocycles. The number of aromatic nitrogens is 1. The second-order valence-electron chi connectivity index (χ2n) is 9.26.